The summed E-state index contributed by atoms with van der Waals surface area (Å²) in [7, 11) is 1.65. The van der Waals surface area contributed by atoms with E-state index in [2.05, 4.69) is 5.16 Å². The Labute approximate surface area is 133 Å². The molecule has 0 saturated heterocycles. The van der Waals surface area contributed by atoms with E-state index in [1.807, 2.05) is 47.4 Å². The zero-order valence-corrected chi connectivity index (χ0v) is 12.8. The third-order valence-corrected chi connectivity index (χ3v) is 4.25. The molecule has 0 N–H and O–H groups in total. The number of rotatable bonds is 3. The molecule has 0 saturated carbocycles. The second-order valence-corrected chi connectivity index (χ2v) is 5.59. The molecule has 116 valence electrons. The van der Waals surface area contributed by atoms with Gasteiger partial charge in [0.05, 0.1) is 13.5 Å². The lowest BCUT2D eigenvalue weighted by Gasteiger charge is -2.17. The van der Waals surface area contributed by atoms with Crippen LogP contribution in [0.4, 0.5) is 5.69 Å². The molecule has 0 bridgehead atoms. The molecule has 1 aliphatic heterocycles. The maximum absolute atomic E-state index is 12.7. The first-order valence-electron chi connectivity index (χ1n) is 7.57. The van der Waals surface area contributed by atoms with E-state index in [1.165, 1.54) is 0 Å². The Balaban J connectivity index is 1.59. The summed E-state index contributed by atoms with van der Waals surface area (Å²) < 4.78 is 10.5. The molecule has 1 aromatic heterocycles. The molecular formula is C18H16N2O3. The minimum absolute atomic E-state index is 0.0352. The Kier molecular flexibility index (Phi) is 3.26. The van der Waals surface area contributed by atoms with Gasteiger partial charge in [0.15, 0.2) is 5.58 Å². The smallest absolute Gasteiger partial charge is 0.233 e. The van der Waals surface area contributed by atoms with E-state index in [0.29, 0.717) is 17.8 Å². The molecule has 2 aromatic carbocycles. The third-order valence-electron chi connectivity index (χ3n) is 4.25. The number of hydrogen-bond acceptors (Lipinski definition) is 4. The summed E-state index contributed by atoms with van der Waals surface area (Å²) >= 11 is 0. The maximum atomic E-state index is 12.7. The predicted molar refractivity (Wildman–Crippen MR) is 86.8 cm³/mol. The van der Waals surface area contributed by atoms with Crippen LogP contribution in [0.2, 0.25) is 0 Å². The Morgan fingerprint density at radius 3 is 3.04 bits per heavy atom. The number of para-hydroxylation sites is 1. The maximum Gasteiger partial charge on any atom is 0.233 e. The van der Waals surface area contributed by atoms with Gasteiger partial charge in [-0.1, -0.05) is 17.3 Å². The number of ether oxygens (including phenoxy) is 1. The van der Waals surface area contributed by atoms with Crippen LogP contribution in [0.3, 0.4) is 0 Å². The molecule has 1 aliphatic rings. The predicted octanol–water partition coefficient (Wildman–Crippen LogP) is 2.97. The Morgan fingerprint density at radius 1 is 1.30 bits per heavy atom. The van der Waals surface area contributed by atoms with Crippen LogP contribution in [0.5, 0.6) is 5.75 Å². The van der Waals surface area contributed by atoms with Crippen LogP contribution in [0.1, 0.15) is 11.3 Å². The Hall–Kier alpha value is -2.82. The van der Waals surface area contributed by atoms with E-state index in [9.17, 15) is 4.79 Å². The molecule has 3 aromatic rings. The quantitative estimate of drug-likeness (QED) is 0.746. The number of hydrogen-bond donors (Lipinski definition) is 0. The van der Waals surface area contributed by atoms with Gasteiger partial charge in [-0.15, -0.1) is 0 Å². The monoisotopic (exact) mass is 308 g/mol. The van der Waals surface area contributed by atoms with Crippen molar-refractivity contribution in [1.82, 2.24) is 5.16 Å². The van der Waals surface area contributed by atoms with Gasteiger partial charge >= 0.3 is 0 Å². The first-order valence-corrected chi connectivity index (χ1v) is 7.57. The second kappa shape index (κ2) is 5.43. The average Bonchev–Trinajstić information content (AvgIpc) is 3.18. The van der Waals surface area contributed by atoms with Crippen molar-refractivity contribution in [2.24, 2.45) is 0 Å². The molecule has 0 unspecified atom stereocenters. The number of amides is 1. The van der Waals surface area contributed by atoms with Crippen molar-refractivity contribution in [2.75, 3.05) is 18.6 Å². The van der Waals surface area contributed by atoms with Crippen molar-refractivity contribution in [1.29, 1.82) is 0 Å². The van der Waals surface area contributed by atoms with Crippen molar-refractivity contribution in [2.45, 2.75) is 12.8 Å². The van der Waals surface area contributed by atoms with E-state index in [4.69, 9.17) is 9.26 Å². The number of fused-ring (bicyclic) bond motifs is 2. The first kappa shape index (κ1) is 13.8. The first-order chi connectivity index (χ1) is 11.3. The molecule has 0 radical (unpaired) electrons. The van der Waals surface area contributed by atoms with Gasteiger partial charge < -0.3 is 14.2 Å². The van der Waals surface area contributed by atoms with Crippen molar-refractivity contribution < 1.29 is 14.1 Å². The van der Waals surface area contributed by atoms with Crippen LogP contribution in [0.25, 0.3) is 11.0 Å². The largest absolute Gasteiger partial charge is 0.497 e. The number of carbonyl (C=O) groups excluding carboxylic acids is 1. The highest BCUT2D eigenvalue weighted by atomic mass is 16.5. The van der Waals surface area contributed by atoms with E-state index in [1.54, 1.807) is 7.11 Å². The fourth-order valence-corrected chi connectivity index (χ4v) is 3.07. The van der Waals surface area contributed by atoms with Gasteiger partial charge in [-0.25, -0.2) is 0 Å². The lowest BCUT2D eigenvalue weighted by molar-refractivity contribution is -0.117. The molecule has 0 fully saturated rings. The summed E-state index contributed by atoms with van der Waals surface area (Å²) in [5, 5.41) is 4.95. The highest BCUT2D eigenvalue weighted by molar-refractivity contribution is 5.98. The van der Waals surface area contributed by atoms with Gasteiger partial charge in [0, 0.05) is 17.6 Å². The number of methoxy groups -OCH3 is 1. The molecule has 5 heteroatoms. The average molecular weight is 308 g/mol. The zero-order valence-electron chi connectivity index (χ0n) is 12.8. The molecular weight excluding hydrogens is 292 g/mol. The molecule has 2 heterocycles. The van der Waals surface area contributed by atoms with E-state index < -0.39 is 0 Å². The molecule has 0 atom stereocenters. The number of aromatic nitrogens is 1. The van der Waals surface area contributed by atoms with Crippen LogP contribution in [-0.4, -0.2) is 24.7 Å². The zero-order chi connectivity index (χ0) is 15.8. The summed E-state index contributed by atoms with van der Waals surface area (Å²) in [6, 6.07) is 13.4. The molecule has 0 aliphatic carbocycles. The van der Waals surface area contributed by atoms with Crippen LogP contribution in [-0.2, 0) is 17.6 Å². The highest BCUT2D eigenvalue weighted by Gasteiger charge is 2.26. The van der Waals surface area contributed by atoms with Crippen LogP contribution >= 0.6 is 0 Å². The highest BCUT2D eigenvalue weighted by Crippen LogP contribution is 2.32. The fourth-order valence-electron chi connectivity index (χ4n) is 3.07. The number of carbonyl (C=O) groups is 1. The lowest BCUT2D eigenvalue weighted by atomic mass is 10.1. The van der Waals surface area contributed by atoms with Gasteiger partial charge in [0.1, 0.15) is 11.4 Å². The van der Waals surface area contributed by atoms with Crippen molar-refractivity contribution >= 4 is 22.6 Å². The number of benzene rings is 2. The topological polar surface area (TPSA) is 55.6 Å². The molecule has 4 rings (SSSR count). The fraction of sp³-hybridized carbons (Fsp3) is 0.222. The summed E-state index contributed by atoms with van der Waals surface area (Å²) in [6.45, 7) is 0.692. The summed E-state index contributed by atoms with van der Waals surface area (Å²) in [6.07, 6.45) is 1.08. The molecule has 1 amide bonds. The van der Waals surface area contributed by atoms with Crippen LogP contribution in [0, 0.1) is 0 Å². The van der Waals surface area contributed by atoms with E-state index >= 15 is 0 Å². The number of nitrogens with zero attached hydrogens (tertiary/aromatic N) is 2. The lowest BCUT2D eigenvalue weighted by Crippen LogP contribution is -2.30. The van der Waals surface area contributed by atoms with Gasteiger partial charge in [0.2, 0.25) is 5.91 Å². The summed E-state index contributed by atoms with van der Waals surface area (Å²) in [4.78, 5) is 14.5. The van der Waals surface area contributed by atoms with E-state index in [0.717, 1.165) is 28.8 Å². The van der Waals surface area contributed by atoms with Crippen molar-refractivity contribution in [3.05, 3.63) is 53.7 Å². The standard InChI is InChI=1S/C18H16N2O3/c1-22-13-6-7-16-12(10-13)8-9-20(16)18(21)11-15-14-4-2-3-5-17(14)23-19-15/h2-7,10H,8-9,11H2,1H3. The van der Waals surface area contributed by atoms with Gasteiger partial charge in [-0.2, -0.15) is 0 Å². The number of anilines is 1. The van der Waals surface area contributed by atoms with Crippen LogP contribution in [0.15, 0.2) is 47.0 Å². The molecule has 23 heavy (non-hydrogen) atoms. The minimum atomic E-state index is 0.0352. The molecule has 0 spiro atoms. The molecule has 5 nitrogen and oxygen atoms in total. The van der Waals surface area contributed by atoms with Crippen molar-refractivity contribution in [3.8, 4) is 5.75 Å². The van der Waals surface area contributed by atoms with Crippen molar-refractivity contribution in [3.63, 3.8) is 0 Å². The van der Waals surface area contributed by atoms with E-state index in [-0.39, 0.29) is 12.3 Å². The summed E-state index contributed by atoms with van der Waals surface area (Å²) in [5.74, 6) is 0.855. The Bertz CT molecular complexity index is 885. The summed E-state index contributed by atoms with van der Waals surface area (Å²) in [5.41, 5.74) is 3.50. The van der Waals surface area contributed by atoms with Gasteiger partial charge in [-0.05, 0) is 42.3 Å². The SMILES string of the molecule is COc1ccc2c(c1)CCN2C(=O)Cc1noc2ccccc12. The third kappa shape index (κ3) is 2.34. The minimum Gasteiger partial charge on any atom is -0.497 e. The van der Waals surface area contributed by atoms with Gasteiger partial charge in [0.25, 0.3) is 0 Å². The normalized spacial score (nSPS) is 13.3. The van der Waals surface area contributed by atoms with Gasteiger partial charge in [-0.3, -0.25) is 4.79 Å². The van der Waals surface area contributed by atoms with Crippen LogP contribution < -0.4 is 9.64 Å². The Morgan fingerprint density at radius 2 is 2.17 bits per heavy atom. The second-order valence-electron chi connectivity index (χ2n) is 5.59.